The number of hydrogen-bond donors (Lipinski definition) is 0. The molecule has 0 rings (SSSR count). The summed E-state index contributed by atoms with van der Waals surface area (Å²) in [7, 11) is 19.4. The summed E-state index contributed by atoms with van der Waals surface area (Å²) in [4.78, 5) is 16.0. The highest BCUT2D eigenvalue weighted by atomic mass is 15.3. The van der Waals surface area contributed by atoms with Gasteiger partial charge in [0.25, 0.3) is 0 Å². The van der Waals surface area contributed by atoms with Crippen LogP contribution in [0.4, 0.5) is 0 Å². The first-order valence-electron chi connectivity index (χ1n) is 5.81. The van der Waals surface area contributed by atoms with Crippen LogP contribution >= 0.6 is 0 Å². The minimum absolute atomic E-state index is 0.981. The van der Waals surface area contributed by atoms with Gasteiger partial charge in [0.15, 0.2) is 11.9 Å². The van der Waals surface area contributed by atoms with Gasteiger partial charge >= 0.3 is 0 Å². The first-order chi connectivity index (χ1) is 8.18. The van der Waals surface area contributed by atoms with E-state index in [2.05, 4.69) is 9.98 Å². The van der Waals surface area contributed by atoms with E-state index in [1.807, 2.05) is 76.0 Å². The second kappa shape index (κ2) is 9.56. The van der Waals surface area contributed by atoms with Gasteiger partial charge in [-0.1, -0.05) is 0 Å². The van der Waals surface area contributed by atoms with Crippen LogP contribution < -0.4 is 0 Å². The van der Waals surface area contributed by atoms with Crippen LogP contribution in [0.15, 0.2) is 9.98 Å². The molecule has 0 aliphatic carbocycles. The summed E-state index contributed by atoms with van der Waals surface area (Å²) >= 11 is 0. The van der Waals surface area contributed by atoms with E-state index in [4.69, 9.17) is 0 Å². The van der Waals surface area contributed by atoms with Gasteiger partial charge in [-0.3, -0.25) is 9.98 Å². The highest BCUT2D eigenvalue weighted by molar-refractivity contribution is 5.79. The third-order valence-corrected chi connectivity index (χ3v) is 2.00. The van der Waals surface area contributed by atoms with Crippen LogP contribution in [0.1, 0.15) is 0 Å². The van der Waals surface area contributed by atoms with Crippen LogP contribution in [0.25, 0.3) is 0 Å². The zero-order chi connectivity index (χ0) is 14.9. The minimum atomic E-state index is 0.981. The van der Waals surface area contributed by atoms with E-state index in [-0.39, 0.29) is 0 Å². The van der Waals surface area contributed by atoms with Crippen molar-refractivity contribution in [3.8, 4) is 0 Å². The van der Waals surface area contributed by atoms with Gasteiger partial charge in [-0.15, -0.1) is 0 Å². The van der Waals surface area contributed by atoms with Crippen molar-refractivity contribution in [2.24, 2.45) is 9.98 Å². The van der Waals surface area contributed by atoms with E-state index in [1.165, 1.54) is 0 Å². The Labute approximate surface area is 113 Å². The molecule has 0 saturated carbocycles. The Bertz CT molecular complexity index is 218. The molecule has 0 aliphatic heterocycles. The van der Waals surface area contributed by atoms with Crippen molar-refractivity contribution in [3.63, 3.8) is 0 Å². The molecule has 0 unspecified atom stereocenters. The van der Waals surface area contributed by atoms with Crippen molar-refractivity contribution in [2.75, 3.05) is 70.5 Å². The minimum Gasteiger partial charge on any atom is -0.349 e. The maximum Gasteiger partial charge on any atom is 0.195 e. The van der Waals surface area contributed by atoms with E-state index in [1.54, 1.807) is 14.1 Å². The molecule has 0 saturated heterocycles. The fourth-order valence-corrected chi connectivity index (χ4v) is 1.60. The smallest absolute Gasteiger partial charge is 0.195 e. The summed E-state index contributed by atoms with van der Waals surface area (Å²) < 4.78 is 0. The van der Waals surface area contributed by atoms with Crippen molar-refractivity contribution in [1.82, 2.24) is 19.6 Å². The highest BCUT2D eigenvalue weighted by Crippen LogP contribution is 1.85. The Morgan fingerprint density at radius 3 is 0.667 bits per heavy atom. The fourth-order valence-electron chi connectivity index (χ4n) is 1.60. The summed E-state index contributed by atoms with van der Waals surface area (Å²) in [6, 6.07) is 0. The molecule has 108 valence electrons. The molecule has 0 radical (unpaired) electrons. The van der Waals surface area contributed by atoms with Crippen molar-refractivity contribution in [3.05, 3.63) is 0 Å². The van der Waals surface area contributed by atoms with Gasteiger partial charge in [0.05, 0.1) is 0 Å². The van der Waals surface area contributed by atoms with Crippen LogP contribution in [0.3, 0.4) is 0 Å². The molecule has 0 N–H and O–H groups in total. The van der Waals surface area contributed by atoms with E-state index < -0.39 is 0 Å². The van der Waals surface area contributed by atoms with Crippen LogP contribution in [0.2, 0.25) is 0 Å². The standard InChI is InChI=1S/2C6H15N3/c2*1-7-6(8(2)3)9(4)5/h2*1-5H3. The predicted octanol–water partition coefficient (Wildman–Crippen LogP) is 0.191. The first kappa shape index (κ1) is 18.9. The number of hydrogen-bond acceptors (Lipinski definition) is 2. The van der Waals surface area contributed by atoms with E-state index >= 15 is 0 Å². The fraction of sp³-hybridized carbons (Fsp3) is 0.833. The third-order valence-electron chi connectivity index (χ3n) is 2.00. The number of nitrogens with zero attached hydrogens (tertiary/aromatic N) is 6. The Balaban J connectivity index is 0. The maximum absolute atomic E-state index is 4.06. The largest absolute Gasteiger partial charge is 0.349 e. The van der Waals surface area contributed by atoms with Crippen LogP contribution in [-0.4, -0.2) is 102 Å². The molecule has 0 aliphatic rings. The molecule has 0 atom stereocenters. The van der Waals surface area contributed by atoms with Crippen molar-refractivity contribution in [2.45, 2.75) is 0 Å². The van der Waals surface area contributed by atoms with Crippen LogP contribution in [0.5, 0.6) is 0 Å². The summed E-state index contributed by atoms with van der Waals surface area (Å²) in [5.74, 6) is 1.96. The Morgan fingerprint density at radius 1 is 0.500 bits per heavy atom. The summed E-state index contributed by atoms with van der Waals surface area (Å²) in [5, 5.41) is 0. The van der Waals surface area contributed by atoms with Gasteiger partial charge in [0.2, 0.25) is 0 Å². The Kier molecular flexibility index (Phi) is 10.0. The van der Waals surface area contributed by atoms with Crippen molar-refractivity contribution >= 4 is 11.9 Å². The normalized spacial score (nSPS) is 8.56. The van der Waals surface area contributed by atoms with E-state index in [9.17, 15) is 0 Å². The molecule has 18 heavy (non-hydrogen) atoms. The van der Waals surface area contributed by atoms with Gasteiger partial charge in [-0.05, 0) is 0 Å². The quantitative estimate of drug-likeness (QED) is 0.459. The van der Waals surface area contributed by atoms with Gasteiger partial charge in [0.1, 0.15) is 0 Å². The monoisotopic (exact) mass is 258 g/mol. The van der Waals surface area contributed by atoms with Crippen LogP contribution in [0, 0.1) is 0 Å². The van der Waals surface area contributed by atoms with Gasteiger partial charge < -0.3 is 19.6 Å². The molecular formula is C12H30N6. The molecule has 6 heteroatoms. The maximum atomic E-state index is 4.06. The summed E-state index contributed by atoms with van der Waals surface area (Å²) in [6.45, 7) is 0. The first-order valence-corrected chi connectivity index (χ1v) is 5.81. The van der Waals surface area contributed by atoms with Gasteiger partial charge in [0, 0.05) is 70.5 Å². The SMILES string of the molecule is CN=C(N(C)C)N(C)C.CN=C(N(C)C)N(C)C. The number of rotatable bonds is 0. The molecule has 0 spiro atoms. The summed E-state index contributed by atoms with van der Waals surface area (Å²) in [6.07, 6.45) is 0. The van der Waals surface area contributed by atoms with E-state index in [0.29, 0.717) is 0 Å². The Morgan fingerprint density at radius 2 is 0.667 bits per heavy atom. The lowest BCUT2D eigenvalue weighted by Gasteiger charge is -2.21. The van der Waals surface area contributed by atoms with Gasteiger partial charge in [-0.2, -0.15) is 0 Å². The summed E-state index contributed by atoms with van der Waals surface area (Å²) in [5.41, 5.74) is 0. The molecular weight excluding hydrogens is 228 g/mol. The molecule has 0 amide bonds. The zero-order valence-electron chi connectivity index (χ0n) is 13.7. The average molecular weight is 258 g/mol. The average Bonchev–Trinajstić information content (AvgIpc) is 2.17. The van der Waals surface area contributed by atoms with E-state index in [0.717, 1.165) is 11.9 Å². The van der Waals surface area contributed by atoms with Gasteiger partial charge in [-0.25, -0.2) is 0 Å². The van der Waals surface area contributed by atoms with Crippen LogP contribution in [-0.2, 0) is 0 Å². The highest BCUT2D eigenvalue weighted by Gasteiger charge is 2.00. The lowest BCUT2D eigenvalue weighted by Crippen LogP contribution is -2.35. The number of aliphatic imine (C=N–C) groups is 2. The Hall–Kier alpha value is -1.46. The van der Waals surface area contributed by atoms with Crippen molar-refractivity contribution < 1.29 is 0 Å². The molecule has 0 bridgehead atoms. The topological polar surface area (TPSA) is 37.7 Å². The lowest BCUT2D eigenvalue weighted by molar-refractivity contribution is 0.482. The van der Waals surface area contributed by atoms with Crippen molar-refractivity contribution in [1.29, 1.82) is 0 Å². The molecule has 0 aromatic rings. The molecule has 0 aromatic heterocycles. The molecule has 0 aromatic carbocycles. The second-order valence-electron chi connectivity index (χ2n) is 4.62. The second-order valence-corrected chi connectivity index (χ2v) is 4.62. The predicted molar refractivity (Wildman–Crippen MR) is 81.5 cm³/mol. The third kappa shape index (κ3) is 7.76. The lowest BCUT2D eigenvalue weighted by atomic mass is 10.7. The molecule has 0 fully saturated rings. The molecule has 6 nitrogen and oxygen atoms in total. The number of guanidine groups is 2. The molecule has 0 heterocycles. The zero-order valence-corrected chi connectivity index (χ0v) is 13.7.